The van der Waals surface area contributed by atoms with Crippen molar-refractivity contribution in [1.29, 1.82) is 0 Å². The van der Waals surface area contributed by atoms with E-state index in [1.165, 1.54) is 25.3 Å². The maximum Gasteiger partial charge on any atom is 0.338 e. The highest BCUT2D eigenvalue weighted by molar-refractivity contribution is 5.90. The van der Waals surface area contributed by atoms with Gasteiger partial charge in [0.25, 0.3) is 5.69 Å². The molecule has 0 saturated heterocycles. The Morgan fingerprint density at radius 1 is 1.20 bits per heavy atom. The predicted octanol–water partition coefficient (Wildman–Crippen LogP) is 3.92. The minimum absolute atomic E-state index is 0.0527. The van der Waals surface area contributed by atoms with Crippen molar-refractivity contribution in [2.45, 2.75) is 20.0 Å². The molecule has 0 bridgehead atoms. The van der Waals surface area contributed by atoms with Gasteiger partial charge in [0.1, 0.15) is 6.10 Å². The van der Waals surface area contributed by atoms with E-state index in [2.05, 4.69) is 0 Å². The molecule has 0 amide bonds. The first kappa shape index (κ1) is 18.3. The number of methoxy groups -OCH3 is 1. The number of nitrogens with zero attached hydrogens (tertiary/aromatic N) is 1. The Hall–Kier alpha value is -3.09. The van der Waals surface area contributed by atoms with Crippen molar-refractivity contribution < 1.29 is 23.9 Å². The van der Waals surface area contributed by atoms with E-state index in [0.29, 0.717) is 29.2 Å². The Bertz CT molecular complexity index is 774. The molecule has 2 rings (SSSR count). The van der Waals surface area contributed by atoms with Gasteiger partial charge in [-0.25, -0.2) is 4.79 Å². The molecule has 2 aromatic carbocycles. The predicted molar refractivity (Wildman–Crippen MR) is 91.1 cm³/mol. The monoisotopic (exact) mass is 345 g/mol. The standard InChI is InChI=1S/C18H19NO6/c1-4-24-16-9-8-14(11-17(16)23-3)18(20)25-12(2)13-6-5-7-15(10-13)19(21)22/h5-12H,4H2,1-3H3/t12-/m0/s1. The second-order valence-electron chi connectivity index (χ2n) is 5.20. The summed E-state index contributed by atoms with van der Waals surface area (Å²) < 4.78 is 16.0. The Morgan fingerprint density at radius 3 is 2.60 bits per heavy atom. The number of hydrogen-bond acceptors (Lipinski definition) is 6. The van der Waals surface area contributed by atoms with E-state index in [9.17, 15) is 14.9 Å². The van der Waals surface area contributed by atoms with Gasteiger partial charge in [-0.05, 0) is 37.6 Å². The molecule has 7 heteroatoms. The van der Waals surface area contributed by atoms with E-state index in [4.69, 9.17) is 14.2 Å². The molecule has 0 fully saturated rings. The lowest BCUT2D eigenvalue weighted by molar-refractivity contribution is -0.385. The third-order valence-electron chi connectivity index (χ3n) is 3.53. The lowest BCUT2D eigenvalue weighted by Gasteiger charge is -2.15. The van der Waals surface area contributed by atoms with E-state index >= 15 is 0 Å². The Kier molecular flexibility index (Phi) is 5.94. The topological polar surface area (TPSA) is 87.9 Å². The molecule has 0 heterocycles. The molecule has 132 valence electrons. The fourth-order valence-electron chi connectivity index (χ4n) is 2.26. The van der Waals surface area contributed by atoms with Crippen LogP contribution >= 0.6 is 0 Å². The third-order valence-corrected chi connectivity index (χ3v) is 3.53. The largest absolute Gasteiger partial charge is 0.493 e. The third kappa shape index (κ3) is 4.47. The molecule has 25 heavy (non-hydrogen) atoms. The summed E-state index contributed by atoms with van der Waals surface area (Å²) in [7, 11) is 1.48. The summed E-state index contributed by atoms with van der Waals surface area (Å²) in [4.78, 5) is 22.7. The van der Waals surface area contributed by atoms with E-state index in [0.717, 1.165) is 0 Å². The van der Waals surface area contributed by atoms with Gasteiger partial charge in [-0.15, -0.1) is 0 Å². The second kappa shape index (κ2) is 8.14. The van der Waals surface area contributed by atoms with E-state index in [1.807, 2.05) is 6.92 Å². The van der Waals surface area contributed by atoms with Gasteiger partial charge in [0.05, 0.1) is 24.2 Å². The SMILES string of the molecule is CCOc1ccc(C(=O)O[C@@H](C)c2cccc([N+](=O)[O-])c2)cc1OC. The van der Waals surface area contributed by atoms with E-state index in [-0.39, 0.29) is 5.69 Å². The van der Waals surface area contributed by atoms with Crippen LogP contribution in [0, 0.1) is 10.1 Å². The fourth-order valence-corrected chi connectivity index (χ4v) is 2.26. The Balaban J connectivity index is 2.16. The molecule has 0 spiro atoms. The zero-order valence-corrected chi connectivity index (χ0v) is 14.2. The maximum absolute atomic E-state index is 12.3. The minimum Gasteiger partial charge on any atom is -0.493 e. The molecule has 1 atom stereocenters. The number of hydrogen-bond donors (Lipinski definition) is 0. The number of rotatable bonds is 7. The van der Waals surface area contributed by atoms with Crippen LogP contribution in [0.25, 0.3) is 0 Å². The molecule has 0 radical (unpaired) electrons. The fraction of sp³-hybridized carbons (Fsp3) is 0.278. The summed E-state index contributed by atoms with van der Waals surface area (Å²) in [5.41, 5.74) is 0.793. The summed E-state index contributed by atoms with van der Waals surface area (Å²) >= 11 is 0. The molecule has 0 aliphatic heterocycles. The van der Waals surface area contributed by atoms with Crippen LogP contribution in [0.3, 0.4) is 0 Å². The first-order valence-electron chi connectivity index (χ1n) is 7.72. The lowest BCUT2D eigenvalue weighted by atomic mass is 10.1. The zero-order chi connectivity index (χ0) is 18.4. The minimum atomic E-state index is -0.634. The molecule has 0 aliphatic carbocycles. The van der Waals surface area contributed by atoms with Crippen molar-refractivity contribution >= 4 is 11.7 Å². The van der Waals surface area contributed by atoms with Gasteiger partial charge < -0.3 is 14.2 Å². The van der Waals surface area contributed by atoms with Crippen LogP contribution in [0.5, 0.6) is 11.5 Å². The summed E-state index contributed by atoms with van der Waals surface area (Å²) in [5.74, 6) is 0.410. The average Bonchev–Trinajstić information content (AvgIpc) is 2.62. The molecular weight excluding hydrogens is 326 g/mol. The Morgan fingerprint density at radius 2 is 1.96 bits per heavy atom. The highest BCUT2D eigenvalue weighted by Gasteiger charge is 2.18. The van der Waals surface area contributed by atoms with Gasteiger partial charge in [-0.2, -0.15) is 0 Å². The van der Waals surface area contributed by atoms with Gasteiger partial charge in [-0.3, -0.25) is 10.1 Å². The number of esters is 1. The average molecular weight is 345 g/mol. The van der Waals surface area contributed by atoms with Crippen LogP contribution in [0.4, 0.5) is 5.69 Å². The summed E-state index contributed by atoms with van der Waals surface area (Å²) in [5, 5.41) is 10.8. The van der Waals surface area contributed by atoms with E-state index in [1.54, 1.807) is 31.2 Å². The molecule has 7 nitrogen and oxygen atoms in total. The number of carbonyl (C=O) groups excluding carboxylic acids is 1. The highest BCUT2D eigenvalue weighted by atomic mass is 16.6. The van der Waals surface area contributed by atoms with Crippen molar-refractivity contribution in [1.82, 2.24) is 0 Å². The summed E-state index contributed by atoms with van der Waals surface area (Å²) in [6.07, 6.45) is -0.634. The van der Waals surface area contributed by atoms with Crippen LogP contribution in [0.2, 0.25) is 0 Å². The van der Waals surface area contributed by atoms with E-state index < -0.39 is 17.0 Å². The quantitative estimate of drug-likeness (QED) is 0.429. The van der Waals surface area contributed by atoms with Crippen LogP contribution in [0.15, 0.2) is 42.5 Å². The van der Waals surface area contributed by atoms with Gasteiger partial charge in [0.15, 0.2) is 11.5 Å². The van der Waals surface area contributed by atoms with Crippen LogP contribution < -0.4 is 9.47 Å². The maximum atomic E-state index is 12.3. The van der Waals surface area contributed by atoms with Crippen molar-refractivity contribution in [2.75, 3.05) is 13.7 Å². The van der Waals surface area contributed by atoms with Crippen LogP contribution in [0.1, 0.15) is 35.9 Å². The van der Waals surface area contributed by atoms with Crippen molar-refractivity contribution in [3.8, 4) is 11.5 Å². The lowest BCUT2D eigenvalue weighted by Crippen LogP contribution is -2.10. The van der Waals surface area contributed by atoms with Crippen molar-refractivity contribution in [3.05, 3.63) is 63.7 Å². The van der Waals surface area contributed by atoms with Crippen LogP contribution in [-0.4, -0.2) is 24.6 Å². The summed E-state index contributed by atoms with van der Waals surface area (Å²) in [6, 6.07) is 10.7. The second-order valence-corrected chi connectivity index (χ2v) is 5.20. The molecule has 0 unspecified atom stereocenters. The zero-order valence-electron chi connectivity index (χ0n) is 14.2. The molecule has 2 aromatic rings. The normalized spacial score (nSPS) is 11.5. The first-order chi connectivity index (χ1) is 12.0. The van der Waals surface area contributed by atoms with Gasteiger partial charge in [0.2, 0.25) is 0 Å². The molecule has 0 saturated carbocycles. The number of nitro groups is 1. The number of benzene rings is 2. The first-order valence-corrected chi connectivity index (χ1v) is 7.72. The molecular formula is C18H19NO6. The van der Waals surface area contributed by atoms with Gasteiger partial charge in [-0.1, -0.05) is 12.1 Å². The number of carbonyl (C=O) groups is 1. The molecule has 0 aliphatic rings. The summed E-state index contributed by atoms with van der Waals surface area (Å²) in [6.45, 7) is 3.98. The molecule has 0 aromatic heterocycles. The smallest absolute Gasteiger partial charge is 0.338 e. The number of nitro benzene ring substituents is 1. The highest BCUT2D eigenvalue weighted by Crippen LogP contribution is 2.29. The van der Waals surface area contributed by atoms with Crippen molar-refractivity contribution in [3.63, 3.8) is 0 Å². The Labute approximate surface area is 145 Å². The molecule has 0 N–H and O–H groups in total. The number of non-ortho nitro benzene ring substituents is 1. The van der Waals surface area contributed by atoms with Crippen LogP contribution in [-0.2, 0) is 4.74 Å². The van der Waals surface area contributed by atoms with Gasteiger partial charge >= 0.3 is 5.97 Å². The number of ether oxygens (including phenoxy) is 3. The van der Waals surface area contributed by atoms with Crippen molar-refractivity contribution in [2.24, 2.45) is 0 Å². The van der Waals surface area contributed by atoms with Gasteiger partial charge in [0, 0.05) is 12.1 Å².